The van der Waals surface area contributed by atoms with E-state index in [4.69, 9.17) is 16.3 Å². The number of benzene rings is 2. The molecule has 1 aliphatic rings. The van der Waals surface area contributed by atoms with Gasteiger partial charge in [-0.25, -0.2) is 0 Å². The van der Waals surface area contributed by atoms with Crippen molar-refractivity contribution in [2.24, 2.45) is 0 Å². The van der Waals surface area contributed by atoms with Gasteiger partial charge >= 0.3 is 5.97 Å². The monoisotopic (exact) mass is 498 g/mol. The normalized spacial score (nSPS) is 17.3. The molecule has 0 spiro atoms. The number of esters is 1. The molecule has 1 aliphatic heterocycles. The van der Waals surface area contributed by atoms with Gasteiger partial charge in [-0.05, 0) is 60.4 Å². The Hall–Kier alpha value is -2.90. The maximum absolute atomic E-state index is 13.7. The van der Waals surface area contributed by atoms with E-state index >= 15 is 0 Å². The van der Waals surface area contributed by atoms with Crippen LogP contribution in [0.2, 0.25) is 5.02 Å². The highest BCUT2D eigenvalue weighted by Gasteiger charge is 2.51. The van der Waals surface area contributed by atoms with Crippen LogP contribution in [0.4, 0.5) is 0 Å². The van der Waals surface area contributed by atoms with Crippen molar-refractivity contribution < 1.29 is 19.1 Å². The van der Waals surface area contributed by atoms with Crippen molar-refractivity contribution >= 4 is 50.8 Å². The van der Waals surface area contributed by atoms with E-state index in [0.717, 1.165) is 21.2 Å². The van der Waals surface area contributed by atoms with Crippen LogP contribution in [0.15, 0.2) is 53.9 Å². The van der Waals surface area contributed by atoms with Crippen LogP contribution in [-0.2, 0) is 32.1 Å². The molecule has 1 atom stereocenters. The Balaban J connectivity index is 1.52. The van der Waals surface area contributed by atoms with E-state index in [1.807, 2.05) is 41.8 Å². The number of hydrogen-bond acceptors (Lipinski definition) is 5. The SMILES string of the molecule is CCOC(=O)CN(Cc1ccc(Cl)cc1)C(=O)C1(C)CCN1C(=O)Cc1csc2ccccc12. The number of amides is 2. The fourth-order valence-corrected chi connectivity index (χ4v) is 5.41. The molecule has 4 rings (SSSR count). The van der Waals surface area contributed by atoms with Crippen molar-refractivity contribution in [1.29, 1.82) is 0 Å². The number of fused-ring (bicyclic) bond motifs is 1. The number of thiophene rings is 1. The van der Waals surface area contributed by atoms with Crippen molar-refractivity contribution in [3.63, 3.8) is 0 Å². The summed E-state index contributed by atoms with van der Waals surface area (Å²) in [6, 6.07) is 15.1. The fraction of sp³-hybridized carbons (Fsp3) is 0.346. The summed E-state index contributed by atoms with van der Waals surface area (Å²) >= 11 is 7.60. The van der Waals surface area contributed by atoms with Gasteiger partial charge < -0.3 is 14.5 Å². The maximum atomic E-state index is 13.7. The zero-order chi connectivity index (χ0) is 24.3. The molecule has 6 nitrogen and oxygen atoms in total. The predicted octanol–water partition coefficient (Wildman–Crippen LogP) is 4.68. The fourth-order valence-electron chi connectivity index (χ4n) is 4.32. The van der Waals surface area contributed by atoms with Crippen LogP contribution >= 0.6 is 22.9 Å². The molecule has 2 heterocycles. The van der Waals surface area contributed by atoms with Crippen LogP contribution in [-0.4, -0.2) is 52.8 Å². The average Bonchev–Trinajstić information content (AvgIpc) is 3.21. The van der Waals surface area contributed by atoms with E-state index in [2.05, 4.69) is 0 Å². The van der Waals surface area contributed by atoms with Gasteiger partial charge in [0.15, 0.2) is 0 Å². The lowest BCUT2D eigenvalue weighted by atomic mass is 9.84. The lowest BCUT2D eigenvalue weighted by Gasteiger charge is -2.50. The molecule has 178 valence electrons. The van der Waals surface area contributed by atoms with E-state index in [1.54, 1.807) is 42.2 Å². The minimum Gasteiger partial charge on any atom is -0.465 e. The van der Waals surface area contributed by atoms with Crippen molar-refractivity contribution in [2.75, 3.05) is 19.7 Å². The quantitative estimate of drug-likeness (QED) is 0.423. The van der Waals surface area contributed by atoms with Crippen molar-refractivity contribution in [3.8, 4) is 0 Å². The molecule has 2 amide bonds. The minimum atomic E-state index is -0.998. The number of hydrogen-bond donors (Lipinski definition) is 0. The third-order valence-electron chi connectivity index (χ3n) is 6.28. The Labute approximate surface area is 208 Å². The molecule has 0 bridgehead atoms. The molecule has 34 heavy (non-hydrogen) atoms. The van der Waals surface area contributed by atoms with Crippen LogP contribution in [0.1, 0.15) is 31.4 Å². The average molecular weight is 499 g/mol. The van der Waals surface area contributed by atoms with Gasteiger partial charge in [-0.3, -0.25) is 14.4 Å². The van der Waals surface area contributed by atoms with E-state index in [-0.39, 0.29) is 37.9 Å². The Morgan fingerprint density at radius 1 is 1.15 bits per heavy atom. The summed E-state index contributed by atoms with van der Waals surface area (Å²) in [6.07, 6.45) is 0.782. The highest BCUT2D eigenvalue weighted by atomic mass is 35.5. The summed E-state index contributed by atoms with van der Waals surface area (Å²) in [5, 5.41) is 3.67. The van der Waals surface area contributed by atoms with Crippen LogP contribution in [0.3, 0.4) is 0 Å². The van der Waals surface area contributed by atoms with Gasteiger partial charge in [0.1, 0.15) is 12.1 Å². The Morgan fingerprint density at radius 3 is 2.56 bits per heavy atom. The molecule has 1 fully saturated rings. The first-order chi connectivity index (χ1) is 16.3. The summed E-state index contributed by atoms with van der Waals surface area (Å²) < 4.78 is 6.23. The first-order valence-electron chi connectivity index (χ1n) is 11.3. The standard InChI is InChI=1S/C26H27ClN2O4S/c1-3-33-24(31)16-28(15-18-8-10-20(27)11-9-18)25(32)26(2)12-13-29(26)23(30)14-19-17-34-22-7-5-4-6-21(19)22/h4-11,17H,3,12-16H2,1-2H3. The number of ether oxygens (including phenoxy) is 1. The van der Waals surface area contributed by atoms with Gasteiger partial charge in [-0.1, -0.05) is 41.9 Å². The topological polar surface area (TPSA) is 66.9 Å². The van der Waals surface area contributed by atoms with Crippen LogP contribution in [0.25, 0.3) is 10.1 Å². The first kappa shape index (κ1) is 24.2. The molecule has 2 aromatic carbocycles. The molecule has 0 saturated carbocycles. The molecule has 0 radical (unpaired) electrons. The first-order valence-corrected chi connectivity index (χ1v) is 12.5. The smallest absolute Gasteiger partial charge is 0.325 e. The van der Waals surface area contributed by atoms with Crippen LogP contribution < -0.4 is 0 Å². The lowest BCUT2D eigenvalue weighted by Crippen LogP contribution is -2.68. The van der Waals surface area contributed by atoms with E-state index in [0.29, 0.717) is 18.0 Å². The molecular weight excluding hydrogens is 472 g/mol. The number of carbonyl (C=O) groups excluding carboxylic acids is 3. The number of carbonyl (C=O) groups is 3. The van der Waals surface area contributed by atoms with Crippen LogP contribution in [0.5, 0.6) is 0 Å². The van der Waals surface area contributed by atoms with Gasteiger partial charge in [0.25, 0.3) is 0 Å². The largest absolute Gasteiger partial charge is 0.465 e. The zero-order valence-corrected chi connectivity index (χ0v) is 20.8. The molecule has 1 saturated heterocycles. The highest BCUT2D eigenvalue weighted by Crippen LogP contribution is 2.35. The summed E-state index contributed by atoms with van der Waals surface area (Å²) in [6.45, 7) is 4.30. The lowest BCUT2D eigenvalue weighted by molar-refractivity contribution is -0.166. The maximum Gasteiger partial charge on any atom is 0.325 e. The van der Waals surface area contributed by atoms with Crippen molar-refractivity contribution in [3.05, 3.63) is 70.1 Å². The number of rotatable bonds is 8. The molecule has 1 aromatic heterocycles. The van der Waals surface area contributed by atoms with Crippen LogP contribution in [0, 0.1) is 0 Å². The zero-order valence-electron chi connectivity index (χ0n) is 19.3. The number of likely N-dealkylation sites (tertiary alicyclic amines) is 1. The van der Waals surface area contributed by atoms with Crippen molar-refractivity contribution in [1.82, 2.24) is 9.80 Å². The third-order valence-corrected chi connectivity index (χ3v) is 7.55. The summed E-state index contributed by atoms with van der Waals surface area (Å²) in [5.41, 5.74) is 0.811. The minimum absolute atomic E-state index is 0.0896. The van der Waals surface area contributed by atoms with Gasteiger partial charge in [-0.15, -0.1) is 11.3 Å². The molecule has 1 unspecified atom stereocenters. The number of halogens is 1. The van der Waals surface area contributed by atoms with Crippen molar-refractivity contribution in [2.45, 2.75) is 38.8 Å². The second kappa shape index (κ2) is 10.2. The third kappa shape index (κ3) is 4.95. The Morgan fingerprint density at radius 2 is 1.88 bits per heavy atom. The molecule has 3 aromatic rings. The van der Waals surface area contributed by atoms with Gasteiger partial charge in [-0.2, -0.15) is 0 Å². The van der Waals surface area contributed by atoms with Gasteiger partial charge in [0, 0.05) is 22.8 Å². The highest BCUT2D eigenvalue weighted by molar-refractivity contribution is 7.17. The molecular formula is C26H27ClN2O4S. The summed E-state index contributed by atoms with van der Waals surface area (Å²) in [7, 11) is 0. The second-order valence-electron chi connectivity index (χ2n) is 8.60. The summed E-state index contributed by atoms with van der Waals surface area (Å²) in [4.78, 5) is 42.3. The Bertz CT molecular complexity index is 1210. The molecule has 0 N–H and O–H groups in total. The second-order valence-corrected chi connectivity index (χ2v) is 9.94. The van der Waals surface area contributed by atoms with E-state index in [9.17, 15) is 14.4 Å². The van der Waals surface area contributed by atoms with E-state index in [1.165, 1.54) is 4.90 Å². The summed E-state index contributed by atoms with van der Waals surface area (Å²) in [5.74, 6) is -0.825. The molecule has 8 heteroatoms. The number of nitrogens with zero attached hydrogens (tertiary/aromatic N) is 2. The predicted molar refractivity (Wildman–Crippen MR) is 134 cm³/mol. The van der Waals surface area contributed by atoms with Gasteiger partial charge in [0.05, 0.1) is 13.0 Å². The van der Waals surface area contributed by atoms with Gasteiger partial charge in [0.2, 0.25) is 11.8 Å². The Kier molecular flexibility index (Phi) is 7.24. The molecule has 0 aliphatic carbocycles. The van der Waals surface area contributed by atoms with E-state index < -0.39 is 11.5 Å².